The van der Waals surface area contributed by atoms with E-state index < -0.39 is 0 Å². The van der Waals surface area contributed by atoms with E-state index in [2.05, 4.69) is 35.9 Å². The van der Waals surface area contributed by atoms with Crippen LogP contribution >= 0.6 is 0 Å². The molecule has 5 nitrogen and oxygen atoms in total. The largest absolute Gasteiger partial charge is 0.354 e. The first-order valence-corrected chi connectivity index (χ1v) is 12.0. The number of nitrogens with zero attached hydrogens (tertiary/aromatic N) is 1. The number of ketones is 1. The van der Waals surface area contributed by atoms with Gasteiger partial charge in [-0.3, -0.25) is 9.59 Å². The number of carbonyl (C=O) groups excluding carboxylic acids is 1. The van der Waals surface area contributed by atoms with Gasteiger partial charge in [0.2, 0.25) is 0 Å². The van der Waals surface area contributed by atoms with Crippen LogP contribution in [0.5, 0.6) is 0 Å². The summed E-state index contributed by atoms with van der Waals surface area (Å²) in [6, 6.07) is 19.1. The number of unbranched alkanes of at least 4 members (excludes halogenated alkanes) is 1. The highest BCUT2D eigenvalue weighted by molar-refractivity contribution is 6.07. The second-order valence-corrected chi connectivity index (χ2v) is 8.13. The second kappa shape index (κ2) is 13.3. The molecule has 2 N–H and O–H groups in total. The third-order valence-corrected chi connectivity index (χ3v) is 5.31. The minimum absolute atomic E-state index is 0.0150. The highest BCUT2D eigenvalue weighted by Crippen LogP contribution is 2.37. The lowest BCUT2D eigenvalue weighted by Crippen LogP contribution is -2.12. The summed E-state index contributed by atoms with van der Waals surface area (Å²) >= 11 is 0. The van der Waals surface area contributed by atoms with Gasteiger partial charge in [0, 0.05) is 28.2 Å². The molecule has 0 aliphatic carbocycles. The number of aromatic nitrogens is 2. The van der Waals surface area contributed by atoms with Crippen molar-refractivity contribution in [2.75, 3.05) is 20.6 Å². The van der Waals surface area contributed by atoms with E-state index in [9.17, 15) is 9.59 Å². The van der Waals surface area contributed by atoms with Crippen LogP contribution in [0.1, 0.15) is 50.9 Å². The Labute approximate surface area is 202 Å². The van der Waals surface area contributed by atoms with Crippen LogP contribution in [0, 0.1) is 0 Å². The molecule has 4 rings (SSSR count). The number of fused-ring (bicyclic) bond motifs is 1. The van der Waals surface area contributed by atoms with Crippen LogP contribution in [-0.4, -0.2) is 41.3 Å². The Hall–Kier alpha value is -3.44. The molecule has 0 atom stereocenters. The quantitative estimate of drug-likeness (QED) is 0.313. The van der Waals surface area contributed by atoms with Gasteiger partial charge in [0.1, 0.15) is 0 Å². The van der Waals surface area contributed by atoms with Crippen molar-refractivity contribution in [3.63, 3.8) is 0 Å². The number of hydrogen-bond acceptors (Lipinski definition) is 3. The molecule has 2 heterocycles. The van der Waals surface area contributed by atoms with Gasteiger partial charge >= 0.3 is 0 Å². The van der Waals surface area contributed by atoms with E-state index in [1.165, 1.54) is 19.4 Å². The van der Waals surface area contributed by atoms with Crippen LogP contribution in [0.25, 0.3) is 33.3 Å². The van der Waals surface area contributed by atoms with Crippen LogP contribution in [0.2, 0.25) is 0 Å². The lowest BCUT2D eigenvalue weighted by atomic mass is 9.97. The molecule has 0 fully saturated rings. The molecule has 0 unspecified atom stereocenters. The molecular weight excluding hydrogens is 422 g/mol. The van der Waals surface area contributed by atoms with Gasteiger partial charge in [0.05, 0.1) is 11.3 Å². The van der Waals surface area contributed by atoms with E-state index in [1.807, 2.05) is 56.3 Å². The van der Waals surface area contributed by atoms with Crippen molar-refractivity contribution in [2.45, 2.75) is 40.5 Å². The fraction of sp³-hybridized carbons (Fsp3) is 0.310. The van der Waals surface area contributed by atoms with E-state index in [-0.39, 0.29) is 11.3 Å². The van der Waals surface area contributed by atoms with Crippen molar-refractivity contribution in [3.8, 4) is 22.4 Å². The van der Waals surface area contributed by atoms with Gasteiger partial charge in [0.25, 0.3) is 5.56 Å². The Kier molecular flexibility index (Phi) is 10.5. The topological polar surface area (TPSA) is 69.0 Å². The number of Topliss-reactive ketones (excluding diaryl/α,β-unsaturated/α-hetero) is 1. The van der Waals surface area contributed by atoms with Crippen molar-refractivity contribution >= 4 is 16.7 Å². The van der Waals surface area contributed by atoms with Crippen molar-refractivity contribution in [3.05, 3.63) is 82.8 Å². The molecule has 0 bridgehead atoms. The molecule has 0 saturated carbocycles. The standard InChI is InChI=1S/C21H16N2O2.C6H15N.C2H6/c1-13(24)15-9-10-18-17(12-15)19(14-6-3-2-4-7-14)20(23-18)16-8-5-11-22-21(16)25;1-4-5-6-7(2)3;1-2/h2-12,23H,1H3,(H,22,25);4-6H2,1-3H3;1-2H3. The molecule has 0 saturated heterocycles. The number of rotatable bonds is 6. The molecule has 34 heavy (non-hydrogen) atoms. The Morgan fingerprint density at radius 3 is 2.24 bits per heavy atom. The van der Waals surface area contributed by atoms with Crippen LogP contribution in [0.15, 0.2) is 71.7 Å². The Morgan fingerprint density at radius 1 is 0.971 bits per heavy atom. The van der Waals surface area contributed by atoms with Crippen molar-refractivity contribution in [1.82, 2.24) is 14.9 Å². The van der Waals surface area contributed by atoms with Gasteiger partial charge < -0.3 is 14.9 Å². The maximum absolute atomic E-state index is 12.3. The summed E-state index contributed by atoms with van der Waals surface area (Å²) in [7, 11) is 4.21. The monoisotopic (exact) mass is 459 g/mol. The minimum atomic E-state index is -0.155. The van der Waals surface area contributed by atoms with Gasteiger partial charge in [-0.2, -0.15) is 0 Å². The molecule has 0 spiro atoms. The molecule has 2 aromatic heterocycles. The zero-order valence-corrected chi connectivity index (χ0v) is 21.2. The van der Waals surface area contributed by atoms with Crippen molar-refractivity contribution in [1.29, 1.82) is 0 Å². The molecule has 4 aromatic rings. The van der Waals surface area contributed by atoms with E-state index in [1.54, 1.807) is 31.3 Å². The number of benzene rings is 2. The summed E-state index contributed by atoms with van der Waals surface area (Å²) in [6.07, 6.45) is 4.25. The molecule has 180 valence electrons. The van der Waals surface area contributed by atoms with E-state index in [0.717, 1.165) is 27.7 Å². The third-order valence-electron chi connectivity index (χ3n) is 5.31. The fourth-order valence-corrected chi connectivity index (χ4v) is 3.61. The smallest absolute Gasteiger partial charge is 0.257 e. The summed E-state index contributed by atoms with van der Waals surface area (Å²) < 4.78 is 0. The number of carbonyl (C=O) groups is 1. The van der Waals surface area contributed by atoms with Crippen molar-refractivity contribution in [2.24, 2.45) is 0 Å². The second-order valence-electron chi connectivity index (χ2n) is 8.13. The molecule has 0 amide bonds. The third kappa shape index (κ3) is 6.78. The Bertz CT molecular complexity index is 1240. The maximum Gasteiger partial charge on any atom is 0.257 e. The molecule has 5 heteroatoms. The van der Waals surface area contributed by atoms with Gasteiger partial charge in [-0.25, -0.2) is 0 Å². The highest BCUT2D eigenvalue weighted by Gasteiger charge is 2.17. The Morgan fingerprint density at radius 2 is 1.68 bits per heavy atom. The number of H-pyrrole nitrogens is 2. The molecule has 0 aliphatic heterocycles. The maximum atomic E-state index is 12.3. The lowest BCUT2D eigenvalue weighted by molar-refractivity contribution is 0.101. The van der Waals surface area contributed by atoms with Crippen LogP contribution < -0.4 is 5.56 Å². The van der Waals surface area contributed by atoms with Gasteiger partial charge in [0.15, 0.2) is 5.78 Å². The van der Waals surface area contributed by atoms with Gasteiger partial charge in [-0.1, -0.05) is 57.5 Å². The fourth-order valence-electron chi connectivity index (χ4n) is 3.61. The lowest BCUT2D eigenvalue weighted by Gasteiger charge is -2.05. The number of aromatic amines is 2. The van der Waals surface area contributed by atoms with E-state index in [0.29, 0.717) is 11.1 Å². The van der Waals surface area contributed by atoms with E-state index in [4.69, 9.17) is 0 Å². The molecule has 2 aromatic carbocycles. The first kappa shape index (κ1) is 26.8. The Balaban J connectivity index is 0.000000393. The molecular formula is C29H37N3O2. The predicted molar refractivity (Wildman–Crippen MR) is 145 cm³/mol. The zero-order valence-electron chi connectivity index (χ0n) is 21.2. The van der Waals surface area contributed by atoms with Crippen LogP contribution in [-0.2, 0) is 0 Å². The average molecular weight is 460 g/mol. The first-order valence-electron chi connectivity index (χ1n) is 12.0. The summed E-state index contributed by atoms with van der Waals surface area (Å²) in [5, 5.41) is 0.928. The molecule has 0 aliphatic rings. The minimum Gasteiger partial charge on any atom is -0.354 e. The SMILES string of the molecule is CC.CC(=O)c1ccc2[nH]c(-c3ccc[nH]c3=O)c(-c3ccccc3)c2c1.CCCCN(C)C. The van der Waals surface area contributed by atoms with Crippen LogP contribution in [0.4, 0.5) is 0 Å². The zero-order chi connectivity index (χ0) is 25.1. The van der Waals surface area contributed by atoms with Crippen LogP contribution in [0.3, 0.4) is 0 Å². The number of pyridine rings is 1. The average Bonchev–Trinajstić information content (AvgIpc) is 3.23. The molecule has 0 radical (unpaired) electrons. The highest BCUT2D eigenvalue weighted by atomic mass is 16.1. The van der Waals surface area contributed by atoms with E-state index >= 15 is 0 Å². The normalized spacial score (nSPS) is 10.3. The first-order chi connectivity index (χ1) is 16.4. The van der Waals surface area contributed by atoms with Gasteiger partial charge in [-0.15, -0.1) is 0 Å². The number of nitrogens with one attached hydrogen (secondary N) is 2. The summed E-state index contributed by atoms with van der Waals surface area (Å²) in [5.74, 6) is 0.0150. The summed E-state index contributed by atoms with van der Waals surface area (Å²) in [5.41, 5.74) is 4.63. The van der Waals surface area contributed by atoms with Gasteiger partial charge in [-0.05, 0) is 69.9 Å². The predicted octanol–water partition coefficient (Wildman–Crippen LogP) is 6.77. The van der Waals surface area contributed by atoms with Crippen molar-refractivity contribution < 1.29 is 4.79 Å². The summed E-state index contributed by atoms with van der Waals surface area (Å²) in [6.45, 7) is 9.00. The number of hydrogen-bond donors (Lipinski definition) is 2. The summed E-state index contributed by atoms with van der Waals surface area (Å²) in [4.78, 5) is 32.4.